The molecule has 1 aliphatic heterocycles. The highest BCUT2D eigenvalue weighted by Crippen LogP contribution is 2.27. The maximum absolute atomic E-state index is 12.2. The molecule has 0 fully saturated rings. The Kier molecular flexibility index (Phi) is 4.04. The molecular weight excluding hydrogens is 226 g/mol. The van der Waals surface area contributed by atoms with Crippen LogP contribution in [0.2, 0.25) is 0 Å². The number of nitrogens with zero attached hydrogens (tertiary/aromatic N) is 1. The summed E-state index contributed by atoms with van der Waals surface area (Å²) in [6.07, 6.45) is 2.40. The molecule has 1 heterocycles. The first-order valence-corrected chi connectivity index (χ1v) is 6.41. The predicted molar refractivity (Wildman–Crippen MR) is 64.4 cm³/mol. The van der Waals surface area contributed by atoms with Crippen LogP contribution in [0.25, 0.3) is 0 Å². The van der Waals surface area contributed by atoms with Crippen molar-refractivity contribution in [2.75, 3.05) is 6.54 Å². The van der Waals surface area contributed by atoms with Crippen LogP contribution >= 0.6 is 0 Å². The van der Waals surface area contributed by atoms with Crippen LogP contribution < -0.4 is 0 Å². The molecule has 1 N–H and O–H groups in total. The Morgan fingerprint density at radius 3 is 2.62 bits per heavy atom. The third kappa shape index (κ3) is 2.99. The lowest BCUT2D eigenvalue weighted by atomic mass is 10.0. The summed E-state index contributed by atoms with van der Waals surface area (Å²) in [6, 6.07) is -0.662. The molecule has 1 aliphatic rings. The van der Waals surface area contributed by atoms with Gasteiger partial charge < -0.3 is 9.66 Å². The molecule has 0 amide bonds. The normalized spacial score (nSPS) is 25.1. The molecule has 92 valence electrons. The molecule has 0 bridgehead atoms. The molecule has 16 heavy (non-hydrogen) atoms. The summed E-state index contributed by atoms with van der Waals surface area (Å²) < 4.78 is 13.3. The zero-order chi connectivity index (χ0) is 12.5. The van der Waals surface area contributed by atoms with Gasteiger partial charge in [0, 0.05) is 11.4 Å². The van der Waals surface area contributed by atoms with E-state index in [1.54, 1.807) is 4.31 Å². The van der Waals surface area contributed by atoms with Crippen molar-refractivity contribution in [2.45, 2.75) is 44.9 Å². The van der Waals surface area contributed by atoms with E-state index in [1.165, 1.54) is 0 Å². The van der Waals surface area contributed by atoms with Crippen LogP contribution in [-0.2, 0) is 16.2 Å². The SMILES string of the molecule is CC1=CCN([S+]([O-])C(C)(C)C)C(C(=O)O)C1. The maximum atomic E-state index is 12.2. The van der Waals surface area contributed by atoms with Crippen LogP contribution in [-0.4, -0.2) is 37.3 Å². The van der Waals surface area contributed by atoms with Gasteiger partial charge in [0.1, 0.15) is 4.75 Å². The molecule has 0 aromatic rings. The monoisotopic (exact) mass is 245 g/mol. The van der Waals surface area contributed by atoms with Crippen molar-refractivity contribution in [2.24, 2.45) is 0 Å². The summed E-state index contributed by atoms with van der Waals surface area (Å²) in [4.78, 5) is 11.1. The first-order valence-electron chi connectivity index (χ1n) is 5.30. The Bertz CT molecular complexity index is 309. The second-order valence-corrected chi connectivity index (χ2v) is 7.26. The van der Waals surface area contributed by atoms with Gasteiger partial charge in [0.2, 0.25) is 0 Å². The van der Waals surface area contributed by atoms with E-state index in [9.17, 15) is 9.35 Å². The van der Waals surface area contributed by atoms with Gasteiger partial charge in [-0.15, -0.1) is 4.31 Å². The van der Waals surface area contributed by atoms with Gasteiger partial charge in [0.15, 0.2) is 6.04 Å². The summed E-state index contributed by atoms with van der Waals surface area (Å²) in [5.41, 5.74) is 1.05. The first kappa shape index (κ1) is 13.5. The zero-order valence-corrected chi connectivity index (χ0v) is 11.0. The molecule has 1 rings (SSSR count). The number of hydrogen-bond donors (Lipinski definition) is 1. The Hall–Kier alpha value is -0.520. The van der Waals surface area contributed by atoms with Crippen molar-refractivity contribution in [1.29, 1.82) is 0 Å². The lowest BCUT2D eigenvalue weighted by Crippen LogP contribution is -2.52. The van der Waals surface area contributed by atoms with Gasteiger partial charge in [-0.05, 0) is 34.1 Å². The summed E-state index contributed by atoms with van der Waals surface area (Å²) >= 11 is -1.28. The van der Waals surface area contributed by atoms with Crippen molar-refractivity contribution in [3.63, 3.8) is 0 Å². The van der Waals surface area contributed by atoms with E-state index in [-0.39, 0.29) is 0 Å². The molecule has 2 unspecified atom stereocenters. The van der Waals surface area contributed by atoms with E-state index in [0.717, 1.165) is 5.57 Å². The number of carboxylic acids is 1. The van der Waals surface area contributed by atoms with Crippen molar-refractivity contribution < 1.29 is 14.5 Å². The number of carboxylic acid groups (broad SMARTS) is 1. The second-order valence-electron chi connectivity index (χ2n) is 5.07. The molecule has 0 aromatic carbocycles. The molecule has 4 nitrogen and oxygen atoms in total. The van der Waals surface area contributed by atoms with Crippen LogP contribution in [0.5, 0.6) is 0 Å². The highest BCUT2D eigenvalue weighted by molar-refractivity contribution is 7.90. The van der Waals surface area contributed by atoms with E-state index in [1.807, 2.05) is 33.8 Å². The van der Waals surface area contributed by atoms with Crippen LogP contribution in [0.1, 0.15) is 34.1 Å². The fourth-order valence-electron chi connectivity index (χ4n) is 1.61. The average Bonchev–Trinajstić information content (AvgIpc) is 2.15. The van der Waals surface area contributed by atoms with Crippen molar-refractivity contribution in [1.82, 2.24) is 4.31 Å². The largest absolute Gasteiger partial charge is 0.597 e. The Morgan fingerprint density at radius 2 is 2.19 bits per heavy atom. The molecule has 0 radical (unpaired) electrons. The van der Waals surface area contributed by atoms with Crippen LogP contribution in [0.15, 0.2) is 11.6 Å². The molecular formula is C11H19NO3S. The minimum absolute atomic E-state index is 0.424. The zero-order valence-electron chi connectivity index (χ0n) is 10.2. The number of aliphatic carboxylic acids is 1. The van der Waals surface area contributed by atoms with Crippen molar-refractivity contribution >= 4 is 17.3 Å². The van der Waals surface area contributed by atoms with Crippen molar-refractivity contribution in [3.05, 3.63) is 11.6 Å². The Balaban J connectivity index is 2.89. The summed E-state index contributed by atoms with van der Waals surface area (Å²) in [6.45, 7) is 7.92. The predicted octanol–water partition coefficient (Wildman–Crippen LogP) is 1.55. The topological polar surface area (TPSA) is 63.6 Å². The highest BCUT2D eigenvalue weighted by atomic mass is 32.2. The molecule has 0 aliphatic carbocycles. The third-order valence-corrected chi connectivity index (χ3v) is 4.38. The number of carbonyl (C=O) groups is 1. The quantitative estimate of drug-likeness (QED) is 0.592. The van der Waals surface area contributed by atoms with Crippen molar-refractivity contribution in [3.8, 4) is 0 Å². The minimum atomic E-state index is -1.28. The van der Waals surface area contributed by atoms with E-state index in [2.05, 4.69) is 0 Å². The van der Waals surface area contributed by atoms with E-state index >= 15 is 0 Å². The van der Waals surface area contributed by atoms with Gasteiger partial charge in [-0.2, -0.15) is 0 Å². The van der Waals surface area contributed by atoms with Gasteiger partial charge in [0.05, 0.1) is 6.54 Å². The average molecular weight is 245 g/mol. The van der Waals surface area contributed by atoms with Crippen LogP contribution in [0.3, 0.4) is 0 Å². The van der Waals surface area contributed by atoms with Gasteiger partial charge in [-0.1, -0.05) is 11.6 Å². The van der Waals surface area contributed by atoms with Crippen LogP contribution in [0, 0.1) is 0 Å². The fourth-order valence-corrected chi connectivity index (χ4v) is 2.92. The Labute approximate surface area is 99.6 Å². The molecule has 0 saturated carbocycles. The van der Waals surface area contributed by atoms with Gasteiger partial charge in [-0.3, -0.25) is 4.79 Å². The molecule has 0 spiro atoms. The fraction of sp³-hybridized carbons (Fsp3) is 0.727. The van der Waals surface area contributed by atoms with Gasteiger partial charge in [0.25, 0.3) is 0 Å². The molecule has 0 aromatic heterocycles. The Morgan fingerprint density at radius 1 is 1.62 bits per heavy atom. The van der Waals surface area contributed by atoms with E-state index < -0.39 is 28.1 Å². The molecule has 2 atom stereocenters. The van der Waals surface area contributed by atoms with Gasteiger partial charge >= 0.3 is 5.97 Å². The van der Waals surface area contributed by atoms with E-state index in [0.29, 0.717) is 13.0 Å². The van der Waals surface area contributed by atoms with E-state index in [4.69, 9.17) is 5.11 Å². The lowest BCUT2D eigenvalue weighted by Gasteiger charge is -2.37. The summed E-state index contributed by atoms with van der Waals surface area (Å²) in [5.74, 6) is -0.898. The highest BCUT2D eigenvalue weighted by Gasteiger charge is 2.41. The maximum Gasteiger partial charge on any atom is 0.325 e. The lowest BCUT2D eigenvalue weighted by molar-refractivity contribution is -0.141. The number of hydrogen-bond acceptors (Lipinski definition) is 3. The first-order chi connectivity index (χ1) is 7.23. The minimum Gasteiger partial charge on any atom is -0.597 e. The smallest absolute Gasteiger partial charge is 0.325 e. The third-order valence-electron chi connectivity index (χ3n) is 2.50. The summed E-state index contributed by atoms with van der Waals surface area (Å²) in [7, 11) is 0. The number of rotatable bonds is 2. The molecule has 0 saturated heterocycles. The van der Waals surface area contributed by atoms with Gasteiger partial charge in [-0.25, -0.2) is 0 Å². The summed E-state index contributed by atoms with van der Waals surface area (Å²) in [5, 5.41) is 9.14. The second kappa shape index (κ2) is 4.77. The van der Waals surface area contributed by atoms with Crippen LogP contribution in [0.4, 0.5) is 0 Å². The molecule has 5 heteroatoms. The standard InChI is InChI=1S/C11H19NO3S/c1-8-5-6-12(9(7-8)10(13)14)16(15)11(2,3)4/h5,9H,6-7H2,1-4H3,(H,13,14).